The van der Waals surface area contributed by atoms with E-state index in [4.69, 9.17) is 0 Å². The lowest BCUT2D eigenvalue weighted by molar-refractivity contribution is -0.114. The van der Waals surface area contributed by atoms with Gasteiger partial charge in [0.2, 0.25) is 15.4 Å². The lowest BCUT2D eigenvalue weighted by Gasteiger charge is -2.35. The van der Waals surface area contributed by atoms with E-state index in [2.05, 4.69) is 46.4 Å². The normalized spacial score (nSPS) is 15.9. The van der Waals surface area contributed by atoms with E-state index < -0.39 is 10.0 Å². The predicted octanol–water partition coefficient (Wildman–Crippen LogP) is 1.62. The third-order valence-corrected chi connectivity index (χ3v) is 7.49. The van der Waals surface area contributed by atoms with Crippen LogP contribution in [-0.4, -0.2) is 55.0 Å². The topological polar surface area (TPSA) is 95.5 Å². The number of nitrogens with zero attached hydrogens (tertiary/aromatic N) is 4. The molecule has 0 atom stereocenters. The minimum atomic E-state index is -3.70. The van der Waals surface area contributed by atoms with Crippen LogP contribution in [0.3, 0.4) is 0 Å². The summed E-state index contributed by atoms with van der Waals surface area (Å²) < 4.78 is 26.8. The lowest BCUT2D eigenvalue weighted by atomic mass is 10.1. The number of nitrogens with one attached hydrogen (secondary N) is 1. The monoisotopic (exact) mass is 395 g/mol. The van der Waals surface area contributed by atoms with Crippen LogP contribution in [0.4, 0.5) is 10.8 Å². The van der Waals surface area contributed by atoms with Crippen LogP contribution in [0.2, 0.25) is 0 Å². The van der Waals surface area contributed by atoms with Crippen LogP contribution < -0.4 is 10.2 Å². The van der Waals surface area contributed by atoms with Crippen LogP contribution in [0.15, 0.2) is 22.5 Å². The Kier molecular flexibility index (Phi) is 5.26. The highest BCUT2D eigenvalue weighted by Crippen LogP contribution is 2.27. The summed E-state index contributed by atoms with van der Waals surface area (Å²) in [6.07, 6.45) is 0. The highest BCUT2D eigenvalue weighted by atomic mass is 32.2. The number of carbonyl (C=O) groups excluding carboxylic acids is 1. The molecule has 0 radical (unpaired) electrons. The van der Waals surface area contributed by atoms with Crippen molar-refractivity contribution in [2.75, 3.05) is 36.4 Å². The molecule has 1 aliphatic rings. The fourth-order valence-corrected chi connectivity index (χ4v) is 5.38. The van der Waals surface area contributed by atoms with Gasteiger partial charge in [0.15, 0.2) is 0 Å². The molecule has 26 heavy (non-hydrogen) atoms. The molecular weight excluding hydrogens is 374 g/mol. The summed E-state index contributed by atoms with van der Waals surface area (Å²) in [7, 11) is -3.70. The van der Waals surface area contributed by atoms with E-state index >= 15 is 0 Å². The van der Waals surface area contributed by atoms with Crippen molar-refractivity contribution in [3.05, 3.63) is 29.3 Å². The number of carbonyl (C=O) groups is 1. The zero-order valence-electron chi connectivity index (χ0n) is 14.9. The van der Waals surface area contributed by atoms with Crippen molar-refractivity contribution in [3.63, 3.8) is 0 Å². The van der Waals surface area contributed by atoms with Crippen LogP contribution in [0.1, 0.15) is 18.1 Å². The van der Waals surface area contributed by atoms with Crippen LogP contribution in [-0.2, 0) is 14.8 Å². The fraction of sp³-hybridized carbons (Fsp3) is 0.438. The van der Waals surface area contributed by atoms with Gasteiger partial charge in [0, 0.05) is 38.8 Å². The first-order valence-corrected chi connectivity index (χ1v) is 10.5. The first kappa shape index (κ1) is 18.7. The van der Waals surface area contributed by atoms with Gasteiger partial charge in [0.25, 0.3) is 10.0 Å². The van der Waals surface area contributed by atoms with Crippen molar-refractivity contribution in [3.8, 4) is 0 Å². The first-order chi connectivity index (χ1) is 12.3. The van der Waals surface area contributed by atoms with Crippen molar-refractivity contribution in [1.29, 1.82) is 0 Å². The summed E-state index contributed by atoms with van der Waals surface area (Å²) in [6, 6.07) is 6.16. The minimum Gasteiger partial charge on any atom is -0.369 e. The Labute approximate surface area is 156 Å². The molecule has 1 aliphatic heterocycles. The van der Waals surface area contributed by atoms with Gasteiger partial charge in [-0.25, -0.2) is 8.42 Å². The second-order valence-electron chi connectivity index (χ2n) is 6.16. The van der Waals surface area contributed by atoms with Gasteiger partial charge in [0.05, 0.1) is 0 Å². The summed E-state index contributed by atoms with van der Waals surface area (Å²) >= 11 is 0.866. The molecule has 1 fully saturated rings. The standard InChI is InChI=1S/C16H21N5O3S2/c1-11-5-4-6-14(12(11)2)20-7-9-21(10-8-20)26(23,24)16-19-18-15(25-16)17-13(3)22/h4-6H,7-10H2,1-3H3,(H,17,18,22). The Bertz CT molecular complexity index is 918. The van der Waals surface area contributed by atoms with Gasteiger partial charge in [-0.1, -0.05) is 23.5 Å². The van der Waals surface area contributed by atoms with E-state index in [1.165, 1.54) is 22.4 Å². The average molecular weight is 396 g/mol. The zero-order valence-corrected chi connectivity index (χ0v) is 16.5. The number of sulfonamides is 1. The molecule has 1 amide bonds. The van der Waals surface area contributed by atoms with Gasteiger partial charge in [-0.15, -0.1) is 10.2 Å². The van der Waals surface area contributed by atoms with Crippen LogP contribution >= 0.6 is 11.3 Å². The average Bonchev–Trinajstić information content (AvgIpc) is 3.06. The number of amides is 1. The summed E-state index contributed by atoms with van der Waals surface area (Å²) in [5, 5.41) is 10.1. The molecule has 1 aromatic carbocycles. The molecule has 8 nitrogen and oxygen atoms in total. The van der Waals surface area contributed by atoms with Gasteiger partial charge in [-0.2, -0.15) is 4.31 Å². The Morgan fingerprint density at radius 2 is 1.85 bits per heavy atom. The molecule has 140 valence electrons. The van der Waals surface area contributed by atoms with E-state index in [1.807, 2.05) is 6.07 Å². The molecule has 0 unspecified atom stereocenters. The van der Waals surface area contributed by atoms with Crippen molar-refractivity contribution < 1.29 is 13.2 Å². The van der Waals surface area contributed by atoms with Gasteiger partial charge in [0.1, 0.15) is 0 Å². The number of hydrogen-bond donors (Lipinski definition) is 1. The second-order valence-corrected chi connectivity index (χ2v) is 9.25. The molecule has 2 heterocycles. The molecule has 10 heteroatoms. The smallest absolute Gasteiger partial charge is 0.272 e. The molecule has 2 aromatic rings. The maximum atomic E-state index is 12.8. The quantitative estimate of drug-likeness (QED) is 0.791. The Morgan fingerprint density at radius 3 is 2.50 bits per heavy atom. The number of aromatic nitrogens is 2. The molecule has 0 saturated carbocycles. The second kappa shape index (κ2) is 7.29. The predicted molar refractivity (Wildman–Crippen MR) is 101 cm³/mol. The number of hydrogen-bond acceptors (Lipinski definition) is 7. The summed E-state index contributed by atoms with van der Waals surface area (Å²) in [5.41, 5.74) is 3.58. The van der Waals surface area contributed by atoms with Gasteiger partial charge in [-0.05, 0) is 31.0 Å². The fourth-order valence-electron chi connectivity index (χ4n) is 2.87. The molecule has 0 spiro atoms. The van der Waals surface area contributed by atoms with Gasteiger partial charge in [-0.3, -0.25) is 4.79 Å². The largest absolute Gasteiger partial charge is 0.369 e. The number of aryl methyl sites for hydroxylation is 1. The van der Waals surface area contributed by atoms with E-state index in [9.17, 15) is 13.2 Å². The van der Waals surface area contributed by atoms with Crippen LogP contribution in [0.5, 0.6) is 0 Å². The summed E-state index contributed by atoms with van der Waals surface area (Å²) in [5.74, 6) is -0.313. The lowest BCUT2D eigenvalue weighted by Crippen LogP contribution is -2.48. The highest BCUT2D eigenvalue weighted by Gasteiger charge is 2.32. The van der Waals surface area contributed by atoms with Gasteiger partial charge >= 0.3 is 0 Å². The third kappa shape index (κ3) is 3.71. The van der Waals surface area contributed by atoms with Crippen LogP contribution in [0, 0.1) is 13.8 Å². The molecule has 1 aromatic heterocycles. The van der Waals surface area contributed by atoms with Gasteiger partial charge < -0.3 is 10.2 Å². The van der Waals surface area contributed by atoms with Crippen molar-refractivity contribution in [2.24, 2.45) is 0 Å². The first-order valence-electron chi connectivity index (χ1n) is 8.21. The molecule has 1 N–H and O–H groups in total. The third-order valence-electron chi connectivity index (χ3n) is 4.41. The van der Waals surface area contributed by atoms with E-state index in [-0.39, 0.29) is 15.4 Å². The molecule has 0 bridgehead atoms. The van der Waals surface area contributed by atoms with Crippen LogP contribution in [0.25, 0.3) is 0 Å². The maximum absolute atomic E-state index is 12.8. The Morgan fingerprint density at radius 1 is 1.15 bits per heavy atom. The zero-order chi connectivity index (χ0) is 18.9. The number of benzene rings is 1. The maximum Gasteiger partial charge on any atom is 0.272 e. The Hall–Kier alpha value is -2.04. The van der Waals surface area contributed by atoms with E-state index in [0.29, 0.717) is 26.2 Å². The van der Waals surface area contributed by atoms with E-state index in [1.54, 1.807) is 0 Å². The Balaban J connectivity index is 1.71. The summed E-state index contributed by atoms with van der Waals surface area (Å²) in [4.78, 5) is 13.3. The molecule has 3 rings (SSSR count). The highest BCUT2D eigenvalue weighted by molar-refractivity contribution is 7.91. The number of anilines is 2. The van der Waals surface area contributed by atoms with Crippen molar-refractivity contribution in [2.45, 2.75) is 25.1 Å². The summed E-state index contributed by atoms with van der Waals surface area (Å²) in [6.45, 7) is 7.47. The molecule has 1 saturated heterocycles. The van der Waals surface area contributed by atoms with Crippen molar-refractivity contribution in [1.82, 2.24) is 14.5 Å². The number of rotatable bonds is 4. The minimum absolute atomic E-state index is 0.0959. The molecule has 0 aliphatic carbocycles. The SMILES string of the molecule is CC(=O)Nc1nnc(S(=O)(=O)N2CCN(c3cccc(C)c3C)CC2)s1. The van der Waals surface area contributed by atoms with Crippen molar-refractivity contribution >= 4 is 38.1 Å². The van der Waals surface area contributed by atoms with E-state index in [0.717, 1.165) is 17.0 Å². The number of piperazine rings is 1. The molecular formula is C16H21N5O3S2.